The van der Waals surface area contributed by atoms with Gasteiger partial charge in [-0.05, 0) is 41.4 Å². The summed E-state index contributed by atoms with van der Waals surface area (Å²) in [7, 11) is 0. The van der Waals surface area contributed by atoms with E-state index in [0.29, 0.717) is 4.88 Å². The van der Waals surface area contributed by atoms with Crippen LogP contribution in [0.5, 0.6) is 0 Å². The highest BCUT2D eigenvalue weighted by molar-refractivity contribution is 9.10. The van der Waals surface area contributed by atoms with Gasteiger partial charge in [0.15, 0.2) is 0 Å². The summed E-state index contributed by atoms with van der Waals surface area (Å²) in [5.41, 5.74) is 4.30. The Bertz CT molecular complexity index is 565. The third kappa shape index (κ3) is 2.56. The number of aryl methyl sites for hydroxylation is 2. The van der Waals surface area contributed by atoms with Crippen LogP contribution in [0.15, 0.2) is 28.2 Å². The van der Waals surface area contributed by atoms with Crippen LogP contribution in [0.4, 0.5) is 5.69 Å². The van der Waals surface area contributed by atoms with Crippen LogP contribution in [-0.4, -0.2) is 10.9 Å². The van der Waals surface area contributed by atoms with Gasteiger partial charge in [0.2, 0.25) is 0 Å². The molecule has 0 aliphatic carbocycles. The van der Waals surface area contributed by atoms with Crippen LogP contribution in [-0.2, 0) is 0 Å². The molecular weight excluding hydrogens is 300 g/mol. The minimum Gasteiger partial charge on any atom is -0.320 e. The summed E-state index contributed by atoms with van der Waals surface area (Å²) in [4.78, 5) is 16.7. The normalized spacial score (nSPS) is 10.3. The van der Waals surface area contributed by atoms with Crippen molar-refractivity contribution < 1.29 is 4.79 Å². The van der Waals surface area contributed by atoms with Gasteiger partial charge >= 0.3 is 0 Å². The van der Waals surface area contributed by atoms with Gasteiger partial charge in [0, 0.05) is 4.47 Å². The molecule has 0 aliphatic rings. The number of aromatic nitrogens is 1. The first-order valence-corrected chi connectivity index (χ1v) is 6.73. The van der Waals surface area contributed by atoms with Crippen LogP contribution in [0.1, 0.15) is 20.9 Å². The summed E-state index contributed by atoms with van der Waals surface area (Å²) in [5.74, 6) is -0.115. The Kier molecular flexibility index (Phi) is 3.59. The first kappa shape index (κ1) is 12.3. The second kappa shape index (κ2) is 4.98. The molecular formula is C12H11BrN2OS. The summed E-state index contributed by atoms with van der Waals surface area (Å²) in [6, 6.07) is 5.76. The van der Waals surface area contributed by atoms with Gasteiger partial charge < -0.3 is 5.32 Å². The van der Waals surface area contributed by atoms with Gasteiger partial charge in [-0.2, -0.15) is 0 Å². The maximum Gasteiger partial charge on any atom is 0.267 e. The molecule has 0 atom stereocenters. The molecule has 0 saturated heterocycles. The molecule has 0 saturated carbocycles. The molecule has 17 heavy (non-hydrogen) atoms. The number of thiazole rings is 1. The third-order valence-corrected chi connectivity index (χ3v) is 4.37. The predicted molar refractivity (Wildman–Crippen MR) is 73.7 cm³/mol. The number of carbonyl (C=O) groups excluding carboxylic acids is 1. The van der Waals surface area contributed by atoms with Crippen molar-refractivity contribution >= 4 is 38.9 Å². The van der Waals surface area contributed by atoms with Crippen molar-refractivity contribution in [3.05, 3.63) is 44.3 Å². The number of halogens is 1. The van der Waals surface area contributed by atoms with E-state index in [2.05, 4.69) is 26.2 Å². The van der Waals surface area contributed by atoms with Crippen LogP contribution in [0.2, 0.25) is 0 Å². The highest BCUT2D eigenvalue weighted by Gasteiger charge is 2.13. The lowest BCUT2D eigenvalue weighted by Crippen LogP contribution is -2.12. The molecule has 5 heteroatoms. The van der Waals surface area contributed by atoms with Gasteiger partial charge in [-0.1, -0.05) is 12.1 Å². The van der Waals surface area contributed by atoms with Crippen molar-refractivity contribution in [1.29, 1.82) is 0 Å². The van der Waals surface area contributed by atoms with E-state index in [-0.39, 0.29) is 5.91 Å². The van der Waals surface area contributed by atoms with Crippen LogP contribution in [0.3, 0.4) is 0 Å². The Balaban J connectivity index is 2.25. The number of benzene rings is 1. The average molecular weight is 311 g/mol. The number of nitrogens with one attached hydrogen (secondary N) is 1. The van der Waals surface area contributed by atoms with Crippen LogP contribution >= 0.6 is 27.3 Å². The van der Waals surface area contributed by atoms with E-state index >= 15 is 0 Å². The van der Waals surface area contributed by atoms with Gasteiger partial charge in [0.1, 0.15) is 4.88 Å². The smallest absolute Gasteiger partial charge is 0.267 e. The summed E-state index contributed by atoms with van der Waals surface area (Å²) in [6.45, 7) is 3.81. The van der Waals surface area contributed by atoms with E-state index in [0.717, 1.165) is 21.4 Å². The molecule has 2 aromatic rings. The molecule has 1 amide bonds. The standard InChI is InChI=1S/C12H11BrN2OS/c1-7-4-3-5-9(10(7)13)15-12(16)11-8(2)14-6-17-11/h3-6H,1-2H3,(H,15,16). The van der Waals surface area contributed by atoms with Crippen molar-refractivity contribution in [2.24, 2.45) is 0 Å². The van der Waals surface area contributed by atoms with Gasteiger partial charge in [0.25, 0.3) is 5.91 Å². The number of nitrogens with zero attached hydrogens (tertiary/aromatic N) is 1. The highest BCUT2D eigenvalue weighted by Crippen LogP contribution is 2.26. The second-order valence-corrected chi connectivity index (χ2v) is 5.31. The van der Waals surface area contributed by atoms with Gasteiger partial charge in [0.05, 0.1) is 16.9 Å². The van der Waals surface area contributed by atoms with E-state index in [1.54, 1.807) is 5.51 Å². The minimum atomic E-state index is -0.115. The summed E-state index contributed by atoms with van der Waals surface area (Å²) in [5, 5.41) is 2.88. The summed E-state index contributed by atoms with van der Waals surface area (Å²) >= 11 is 4.81. The van der Waals surface area contributed by atoms with Crippen molar-refractivity contribution in [3.8, 4) is 0 Å². The molecule has 1 aromatic heterocycles. The lowest BCUT2D eigenvalue weighted by atomic mass is 10.2. The van der Waals surface area contributed by atoms with Crippen molar-refractivity contribution in [1.82, 2.24) is 4.98 Å². The Morgan fingerprint density at radius 1 is 1.41 bits per heavy atom. The zero-order valence-electron chi connectivity index (χ0n) is 9.45. The fourth-order valence-electron chi connectivity index (χ4n) is 1.44. The maximum absolute atomic E-state index is 12.0. The average Bonchev–Trinajstić information content (AvgIpc) is 2.71. The van der Waals surface area contributed by atoms with Crippen LogP contribution in [0, 0.1) is 13.8 Å². The first-order chi connectivity index (χ1) is 8.09. The van der Waals surface area contributed by atoms with Crippen LogP contribution in [0.25, 0.3) is 0 Å². The molecule has 2 rings (SSSR count). The Hall–Kier alpha value is -1.20. The molecule has 1 N–H and O–H groups in total. The lowest BCUT2D eigenvalue weighted by Gasteiger charge is -2.08. The quantitative estimate of drug-likeness (QED) is 0.917. The molecule has 1 heterocycles. The molecule has 0 spiro atoms. The molecule has 0 unspecified atom stereocenters. The third-order valence-electron chi connectivity index (χ3n) is 2.39. The Labute approximate surface area is 112 Å². The number of carbonyl (C=O) groups is 1. The summed E-state index contributed by atoms with van der Waals surface area (Å²) < 4.78 is 0.913. The topological polar surface area (TPSA) is 42.0 Å². The Morgan fingerprint density at radius 2 is 2.18 bits per heavy atom. The van der Waals surface area contributed by atoms with Crippen molar-refractivity contribution in [3.63, 3.8) is 0 Å². The zero-order chi connectivity index (χ0) is 12.4. The molecule has 88 valence electrons. The van der Waals surface area contributed by atoms with E-state index in [1.165, 1.54) is 11.3 Å². The molecule has 3 nitrogen and oxygen atoms in total. The minimum absolute atomic E-state index is 0.115. The maximum atomic E-state index is 12.0. The van der Waals surface area contributed by atoms with E-state index in [1.807, 2.05) is 32.0 Å². The monoisotopic (exact) mass is 310 g/mol. The number of anilines is 1. The van der Waals surface area contributed by atoms with Gasteiger partial charge in [-0.15, -0.1) is 11.3 Å². The van der Waals surface area contributed by atoms with Crippen molar-refractivity contribution in [2.75, 3.05) is 5.32 Å². The molecule has 0 aliphatic heterocycles. The van der Waals surface area contributed by atoms with Gasteiger partial charge in [-0.3, -0.25) is 4.79 Å². The number of rotatable bonds is 2. The van der Waals surface area contributed by atoms with Gasteiger partial charge in [-0.25, -0.2) is 4.98 Å². The number of amides is 1. The van der Waals surface area contributed by atoms with E-state index in [9.17, 15) is 4.79 Å². The Morgan fingerprint density at radius 3 is 2.82 bits per heavy atom. The van der Waals surface area contributed by atoms with E-state index in [4.69, 9.17) is 0 Å². The fraction of sp³-hybridized carbons (Fsp3) is 0.167. The van der Waals surface area contributed by atoms with Crippen LogP contribution < -0.4 is 5.32 Å². The van der Waals surface area contributed by atoms with E-state index < -0.39 is 0 Å². The lowest BCUT2D eigenvalue weighted by molar-refractivity contribution is 0.103. The molecule has 0 radical (unpaired) electrons. The highest BCUT2D eigenvalue weighted by atomic mass is 79.9. The number of hydrogen-bond donors (Lipinski definition) is 1. The molecule has 0 bridgehead atoms. The van der Waals surface area contributed by atoms with Crippen molar-refractivity contribution in [2.45, 2.75) is 13.8 Å². The second-order valence-electron chi connectivity index (χ2n) is 3.66. The predicted octanol–water partition coefficient (Wildman–Crippen LogP) is 3.77. The molecule has 0 fully saturated rings. The largest absolute Gasteiger partial charge is 0.320 e. The fourth-order valence-corrected chi connectivity index (χ4v) is 2.50. The SMILES string of the molecule is Cc1cccc(NC(=O)c2scnc2C)c1Br. The first-order valence-electron chi connectivity index (χ1n) is 5.06. The summed E-state index contributed by atoms with van der Waals surface area (Å²) in [6.07, 6.45) is 0. The number of hydrogen-bond acceptors (Lipinski definition) is 3. The molecule has 1 aromatic carbocycles. The zero-order valence-corrected chi connectivity index (χ0v) is 11.9.